The van der Waals surface area contributed by atoms with Crippen molar-refractivity contribution in [3.63, 3.8) is 0 Å². The molecule has 5 rings (SSSR count). The van der Waals surface area contributed by atoms with Crippen LogP contribution in [-0.4, -0.2) is 53.4 Å². The SMILES string of the molecule is O=C(CN1CCCC(c2ccccc2)(C2CCN(Cc3ccc(Br)cc3)CC2)C1)Nc1cccnc1. The van der Waals surface area contributed by atoms with E-state index in [0.717, 1.165) is 49.3 Å². The summed E-state index contributed by atoms with van der Waals surface area (Å²) in [6.07, 6.45) is 8.12. The molecule has 2 aromatic carbocycles. The van der Waals surface area contributed by atoms with Gasteiger partial charge in [-0.15, -0.1) is 0 Å². The van der Waals surface area contributed by atoms with Gasteiger partial charge in [-0.05, 0) is 86.6 Å². The number of carbonyl (C=O) groups excluding carboxylic acids is 1. The molecule has 2 fully saturated rings. The molecular weight excluding hydrogens is 512 g/mol. The molecule has 1 atom stereocenters. The molecule has 1 N–H and O–H groups in total. The van der Waals surface area contributed by atoms with Gasteiger partial charge < -0.3 is 5.32 Å². The Bertz CT molecular complexity index is 1120. The van der Waals surface area contributed by atoms with E-state index in [9.17, 15) is 4.79 Å². The Morgan fingerprint density at radius 2 is 1.75 bits per heavy atom. The van der Waals surface area contributed by atoms with E-state index in [2.05, 4.69) is 90.6 Å². The van der Waals surface area contributed by atoms with Gasteiger partial charge in [-0.2, -0.15) is 0 Å². The summed E-state index contributed by atoms with van der Waals surface area (Å²) in [5.74, 6) is 0.654. The number of hydrogen-bond donors (Lipinski definition) is 1. The number of carbonyl (C=O) groups is 1. The van der Waals surface area contributed by atoms with Gasteiger partial charge in [-0.3, -0.25) is 19.6 Å². The van der Waals surface area contributed by atoms with E-state index in [1.165, 1.54) is 30.4 Å². The number of aromatic nitrogens is 1. The number of likely N-dealkylation sites (tertiary alicyclic amines) is 2. The molecule has 1 amide bonds. The zero-order valence-corrected chi connectivity index (χ0v) is 22.4. The first-order chi connectivity index (χ1) is 17.6. The predicted molar refractivity (Wildman–Crippen MR) is 149 cm³/mol. The van der Waals surface area contributed by atoms with Crippen molar-refractivity contribution in [2.75, 3.05) is 38.0 Å². The predicted octanol–water partition coefficient (Wildman–Crippen LogP) is 5.73. The minimum Gasteiger partial charge on any atom is -0.324 e. The molecule has 0 bridgehead atoms. The van der Waals surface area contributed by atoms with Crippen LogP contribution in [0.2, 0.25) is 0 Å². The van der Waals surface area contributed by atoms with Gasteiger partial charge in [0.1, 0.15) is 0 Å². The number of piperidine rings is 2. The van der Waals surface area contributed by atoms with E-state index in [1.54, 1.807) is 12.4 Å². The van der Waals surface area contributed by atoms with E-state index < -0.39 is 0 Å². The van der Waals surface area contributed by atoms with Crippen LogP contribution in [0.4, 0.5) is 5.69 Å². The van der Waals surface area contributed by atoms with Gasteiger partial charge in [0.25, 0.3) is 0 Å². The molecule has 5 nitrogen and oxygen atoms in total. The molecule has 2 saturated heterocycles. The zero-order chi connectivity index (χ0) is 24.8. The number of pyridine rings is 1. The minimum atomic E-state index is 0.0381. The summed E-state index contributed by atoms with van der Waals surface area (Å²) in [5.41, 5.74) is 3.66. The van der Waals surface area contributed by atoms with Crippen molar-refractivity contribution in [2.24, 2.45) is 5.92 Å². The molecule has 0 spiro atoms. The summed E-state index contributed by atoms with van der Waals surface area (Å²) in [6.45, 7) is 5.59. The lowest BCUT2D eigenvalue weighted by Crippen LogP contribution is -2.54. The quantitative estimate of drug-likeness (QED) is 0.411. The standard InChI is InChI=1S/C30H35BrN4O/c31-27-11-9-24(10-12-27)21-34-18-13-26(14-19-34)30(25-6-2-1-3-7-25)15-5-17-35(23-30)22-29(36)33-28-8-4-16-32-20-28/h1-4,6-12,16,20,26H,5,13-15,17-19,21-23H2,(H,33,36). The van der Waals surface area contributed by atoms with Crippen LogP contribution in [0, 0.1) is 5.92 Å². The summed E-state index contributed by atoms with van der Waals surface area (Å²) in [4.78, 5) is 21.9. The van der Waals surface area contributed by atoms with Crippen LogP contribution < -0.4 is 5.32 Å². The van der Waals surface area contributed by atoms with E-state index in [-0.39, 0.29) is 11.3 Å². The van der Waals surface area contributed by atoms with Gasteiger partial charge in [0.2, 0.25) is 5.91 Å². The topological polar surface area (TPSA) is 48.5 Å². The maximum Gasteiger partial charge on any atom is 0.238 e. The van der Waals surface area contributed by atoms with Crippen LogP contribution in [0.3, 0.4) is 0 Å². The van der Waals surface area contributed by atoms with Crippen molar-refractivity contribution in [2.45, 2.75) is 37.6 Å². The average molecular weight is 548 g/mol. The summed E-state index contributed by atoms with van der Waals surface area (Å²) in [5, 5.41) is 3.02. The number of anilines is 1. The zero-order valence-electron chi connectivity index (χ0n) is 20.8. The van der Waals surface area contributed by atoms with Crippen molar-refractivity contribution >= 4 is 27.5 Å². The normalized spacial score (nSPS) is 21.8. The Hall–Kier alpha value is -2.54. The van der Waals surface area contributed by atoms with Gasteiger partial charge in [0.05, 0.1) is 18.4 Å². The monoisotopic (exact) mass is 546 g/mol. The Labute approximate surface area is 223 Å². The molecule has 3 aromatic rings. The van der Waals surface area contributed by atoms with Crippen LogP contribution in [0.1, 0.15) is 36.8 Å². The fourth-order valence-electron chi connectivity index (χ4n) is 6.22. The number of halogens is 1. The van der Waals surface area contributed by atoms with Crippen molar-refractivity contribution < 1.29 is 4.79 Å². The third kappa shape index (κ3) is 6.05. The molecule has 2 aliphatic heterocycles. The number of rotatable bonds is 7. The second kappa shape index (κ2) is 11.7. The molecule has 0 saturated carbocycles. The fourth-order valence-corrected chi connectivity index (χ4v) is 6.48. The molecule has 1 unspecified atom stereocenters. The Balaban J connectivity index is 1.27. The summed E-state index contributed by atoms with van der Waals surface area (Å²) in [6, 6.07) is 23.5. The largest absolute Gasteiger partial charge is 0.324 e. The highest BCUT2D eigenvalue weighted by Gasteiger charge is 2.44. The van der Waals surface area contributed by atoms with Crippen LogP contribution in [0.25, 0.3) is 0 Å². The smallest absolute Gasteiger partial charge is 0.238 e. The third-order valence-electron chi connectivity index (χ3n) is 7.95. The van der Waals surface area contributed by atoms with Crippen LogP contribution in [-0.2, 0) is 16.8 Å². The molecule has 0 radical (unpaired) electrons. The lowest BCUT2D eigenvalue weighted by Gasteiger charge is -2.50. The van der Waals surface area contributed by atoms with Crippen LogP contribution >= 0.6 is 15.9 Å². The number of nitrogens with zero attached hydrogens (tertiary/aromatic N) is 3. The maximum absolute atomic E-state index is 12.9. The van der Waals surface area contributed by atoms with Gasteiger partial charge in [0, 0.05) is 29.2 Å². The van der Waals surface area contributed by atoms with Crippen molar-refractivity contribution in [3.05, 3.63) is 94.7 Å². The molecule has 1 aromatic heterocycles. The molecule has 6 heteroatoms. The highest BCUT2D eigenvalue weighted by Crippen LogP contribution is 2.45. The van der Waals surface area contributed by atoms with E-state index in [4.69, 9.17) is 0 Å². The summed E-state index contributed by atoms with van der Waals surface area (Å²) < 4.78 is 1.13. The molecule has 188 valence electrons. The Kier molecular flexibility index (Phi) is 8.15. The van der Waals surface area contributed by atoms with E-state index in [1.807, 2.05) is 12.1 Å². The minimum absolute atomic E-state index is 0.0381. The summed E-state index contributed by atoms with van der Waals surface area (Å²) >= 11 is 3.54. The Morgan fingerprint density at radius 3 is 2.47 bits per heavy atom. The van der Waals surface area contributed by atoms with Crippen molar-refractivity contribution in [1.82, 2.24) is 14.8 Å². The van der Waals surface area contributed by atoms with Crippen LogP contribution in [0.5, 0.6) is 0 Å². The van der Waals surface area contributed by atoms with Gasteiger partial charge >= 0.3 is 0 Å². The molecular formula is C30H35BrN4O. The summed E-state index contributed by atoms with van der Waals surface area (Å²) in [7, 11) is 0. The van der Waals surface area contributed by atoms with Gasteiger partial charge in [-0.25, -0.2) is 0 Å². The highest BCUT2D eigenvalue weighted by molar-refractivity contribution is 9.10. The molecule has 2 aliphatic rings. The number of amides is 1. The van der Waals surface area contributed by atoms with Crippen molar-refractivity contribution in [1.29, 1.82) is 0 Å². The lowest BCUT2D eigenvalue weighted by molar-refractivity contribution is -0.118. The molecule has 0 aliphatic carbocycles. The number of benzene rings is 2. The van der Waals surface area contributed by atoms with Crippen LogP contribution in [0.15, 0.2) is 83.6 Å². The van der Waals surface area contributed by atoms with Crippen molar-refractivity contribution in [3.8, 4) is 0 Å². The molecule has 3 heterocycles. The van der Waals surface area contributed by atoms with E-state index in [0.29, 0.717) is 12.5 Å². The number of hydrogen-bond acceptors (Lipinski definition) is 4. The molecule has 36 heavy (non-hydrogen) atoms. The highest BCUT2D eigenvalue weighted by atomic mass is 79.9. The first-order valence-corrected chi connectivity index (χ1v) is 13.8. The second-order valence-electron chi connectivity index (χ2n) is 10.3. The first kappa shape index (κ1) is 25.1. The average Bonchev–Trinajstić information content (AvgIpc) is 2.91. The van der Waals surface area contributed by atoms with Gasteiger partial charge in [0.15, 0.2) is 0 Å². The van der Waals surface area contributed by atoms with Gasteiger partial charge in [-0.1, -0.05) is 58.4 Å². The first-order valence-electron chi connectivity index (χ1n) is 13.1. The number of nitrogens with one attached hydrogen (secondary N) is 1. The lowest BCUT2D eigenvalue weighted by atomic mass is 9.62. The third-order valence-corrected chi connectivity index (χ3v) is 8.48. The fraction of sp³-hybridized carbons (Fsp3) is 0.400. The second-order valence-corrected chi connectivity index (χ2v) is 11.2. The maximum atomic E-state index is 12.9. The van der Waals surface area contributed by atoms with E-state index >= 15 is 0 Å². The Morgan fingerprint density at radius 1 is 0.972 bits per heavy atom.